The van der Waals surface area contributed by atoms with E-state index in [-0.39, 0.29) is 11.7 Å². The topological polar surface area (TPSA) is 51.2 Å². The lowest BCUT2D eigenvalue weighted by Crippen LogP contribution is -2.23. The van der Waals surface area contributed by atoms with Gasteiger partial charge in [-0.3, -0.25) is 4.79 Å². The fourth-order valence-corrected chi connectivity index (χ4v) is 3.18. The van der Waals surface area contributed by atoms with Crippen molar-refractivity contribution in [2.75, 3.05) is 6.54 Å². The third kappa shape index (κ3) is 6.03. The Morgan fingerprint density at radius 1 is 1.21 bits per heavy atom. The van der Waals surface area contributed by atoms with Crippen molar-refractivity contribution >= 4 is 23.3 Å². The van der Waals surface area contributed by atoms with Gasteiger partial charge in [0.2, 0.25) is 5.91 Å². The molecule has 0 saturated heterocycles. The number of thiazole rings is 1. The molecule has 0 radical (unpaired) electrons. The molecule has 0 spiro atoms. The first kappa shape index (κ1) is 19.8. The van der Waals surface area contributed by atoms with Gasteiger partial charge in [0.15, 0.2) is 0 Å². The Morgan fingerprint density at radius 3 is 2.75 bits per heavy atom. The number of aromatic nitrogens is 1. The van der Waals surface area contributed by atoms with E-state index in [0.29, 0.717) is 25.3 Å². The highest BCUT2D eigenvalue weighted by atomic mass is 32.1. The summed E-state index contributed by atoms with van der Waals surface area (Å²) in [6.45, 7) is 2.83. The molecule has 0 aliphatic rings. The van der Waals surface area contributed by atoms with E-state index in [4.69, 9.17) is 4.74 Å². The maximum absolute atomic E-state index is 12.9. The van der Waals surface area contributed by atoms with Crippen LogP contribution in [-0.4, -0.2) is 17.4 Å². The molecule has 3 aromatic rings. The summed E-state index contributed by atoms with van der Waals surface area (Å²) in [6.07, 6.45) is 3.86. The number of carbonyl (C=O) groups is 1. The molecular weight excluding hydrogens is 375 g/mol. The molecule has 0 fully saturated rings. The van der Waals surface area contributed by atoms with Gasteiger partial charge >= 0.3 is 0 Å². The largest absolute Gasteiger partial charge is 0.487 e. The summed E-state index contributed by atoms with van der Waals surface area (Å²) in [4.78, 5) is 16.4. The van der Waals surface area contributed by atoms with Crippen molar-refractivity contribution in [3.63, 3.8) is 0 Å². The molecule has 2 aromatic carbocycles. The minimum Gasteiger partial charge on any atom is -0.487 e. The minimum atomic E-state index is -0.262. The van der Waals surface area contributed by atoms with Crippen LogP contribution in [0.4, 0.5) is 4.39 Å². The standard InChI is InChI=1S/C22H21FN2O2S/c1-16-25-20(15-28-16)14-27-21-5-3-2-4-18(21)8-11-22(26)24-13-12-17-6-9-19(23)10-7-17/h2-11,15H,12-14H2,1H3,(H,24,26)/b11-8+. The molecular formula is C22H21FN2O2S. The van der Waals surface area contributed by atoms with Crippen molar-refractivity contribution in [1.82, 2.24) is 10.3 Å². The predicted octanol–water partition coefficient (Wildman–Crippen LogP) is 4.54. The summed E-state index contributed by atoms with van der Waals surface area (Å²) in [5.41, 5.74) is 2.68. The van der Waals surface area contributed by atoms with E-state index in [1.54, 1.807) is 29.5 Å². The summed E-state index contributed by atoms with van der Waals surface area (Å²) >= 11 is 1.59. The average Bonchev–Trinajstić information content (AvgIpc) is 3.12. The molecule has 4 nitrogen and oxygen atoms in total. The summed E-state index contributed by atoms with van der Waals surface area (Å²) in [5, 5.41) is 5.81. The Balaban J connectivity index is 1.51. The molecule has 1 heterocycles. The maximum Gasteiger partial charge on any atom is 0.244 e. The number of carbonyl (C=O) groups excluding carboxylic acids is 1. The van der Waals surface area contributed by atoms with Gasteiger partial charge in [0.1, 0.15) is 18.2 Å². The van der Waals surface area contributed by atoms with E-state index in [1.807, 2.05) is 36.6 Å². The minimum absolute atomic E-state index is 0.188. The normalized spacial score (nSPS) is 10.9. The third-order valence-electron chi connectivity index (χ3n) is 4.00. The summed E-state index contributed by atoms with van der Waals surface area (Å²) < 4.78 is 18.7. The van der Waals surface area contributed by atoms with Crippen molar-refractivity contribution in [2.24, 2.45) is 0 Å². The highest BCUT2D eigenvalue weighted by Gasteiger charge is 2.04. The van der Waals surface area contributed by atoms with Gasteiger partial charge in [-0.25, -0.2) is 9.37 Å². The van der Waals surface area contributed by atoms with Crippen LogP contribution in [0.5, 0.6) is 5.75 Å². The predicted molar refractivity (Wildman–Crippen MR) is 110 cm³/mol. The zero-order valence-corrected chi connectivity index (χ0v) is 16.3. The fourth-order valence-electron chi connectivity index (χ4n) is 2.58. The van der Waals surface area contributed by atoms with E-state index in [0.717, 1.165) is 21.8 Å². The van der Waals surface area contributed by atoms with Crippen LogP contribution in [0.15, 0.2) is 60.0 Å². The van der Waals surface area contributed by atoms with E-state index < -0.39 is 0 Å². The van der Waals surface area contributed by atoms with Crippen LogP contribution in [0.3, 0.4) is 0 Å². The van der Waals surface area contributed by atoms with Crippen molar-refractivity contribution < 1.29 is 13.9 Å². The number of rotatable bonds is 8. The van der Waals surface area contributed by atoms with E-state index in [1.165, 1.54) is 18.2 Å². The van der Waals surface area contributed by atoms with Gasteiger partial charge in [0.25, 0.3) is 0 Å². The van der Waals surface area contributed by atoms with Crippen LogP contribution in [0.2, 0.25) is 0 Å². The summed E-state index contributed by atoms with van der Waals surface area (Å²) in [5.74, 6) is 0.247. The number of nitrogens with one attached hydrogen (secondary N) is 1. The van der Waals surface area contributed by atoms with Gasteiger partial charge in [-0.2, -0.15) is 0 Å². The lowest BCUT2D eigenvalue weighted by Gasteiger charge is -2.08. The molecule has 28 heavy (non-hydrogen) atoms. The van der Waals surface area contributed by atoms with Crippen molar-refractivity contribution in [1.29, 1.82) is 0 Å². The highest BCUT2D eigenvalue weighted by molar-refractivity contribution is 7.09. The van der Waals surface area contributed by atoms with Crippen LogP contribution in [0, 0.1) is 12.7 Å². The Bertz CT molecular complexity index is 951. The van der Waals surface area contributed by atoms with E-state index in [2.05, 4.69) is 10.3 Å². The van der Waals surface area contributed by atoms with Crippen LogP contribution in [0.1, 0.15) is 21.8 Å². The number of nitrogens with zero attached hydrogens (tertiary/aromatic N) is 1. The second kappa shape index (κ2) is 9.80. The number of hydrogen-bond acceptors (Lipinski definition) is 4. The van der Waals surface area contributed by atoms with Gasteiger partial charge in [-0.1, -0.05) is 30.3 Å². The third-order valence-corrected chi connectivity index (χ3v) is 4.82. The zero-order valence-electron chi connectivity index (χ0n) is 15.5. The Hall–Kier alpha value is -2.99. The number of ether oxygens (including phenoxy) is 1. The molecule has 144 valence electrons. The molecule has 0 saturated carbocycles. The molecule has 6 heteroatoms. The van der Waals surface area contributed by atoms with Crippen LogP contribution < -0.4 is 10.1 Å². The van der Waals surface area contributed by atoms with Crippen LogP contribution in [-0.2, 0) is 17.8 Å². The number of benzene rings is 2. The van der Waals surface area contributed by atoms with Crippen molar-refractivity contribution in [2.45, 2.75) is 20.0 Å². The second-order valence-electron chi connectivity index (χ2n) is 6.19. The smallest absolute Gasteiger partial charge is 0.244 e. The molecule has 0 bridgehead atoms. The van der Waals surface area contributed by atoms with Crippen LogP contribution in [0.25, 0.3) is 6.08 Å². The van der Waals surface area contributed by atoms with Crippen molar-refractivity contribution in [3.8, 4) is 5.75 Å². The second-order valence-corrected chi connectivity index (χ2v) is 7.25. The number of hydrogen-bond donors (Lipinski definition) is 1. The molecule has 1 aromatic heterocycles. The first-order valence-electron chi connectivity index (χ1n) is 8.93. The number of halogens is 1. The maximum atomic E-state index is 12.9. The Morgan fingerprint density at radius 2 is 2.00 bits per heavy atom. The van der Waals surface area contributed by atoms with Gasteiger partial charge in [0, 0.05) is 23.6 Å². The first-order valence-corrected chi connectivity index (χ1v) is 9.81. The molecule has 0 aliphatic carbocycles. The molecule has 0 atom stereocenters. The molecule has 1 N–H and O–H groups in total. The molecule has 0 unspecified atom stereocenters. The SMILES string of the molecule is Cc1nc(COc2ccccc2/C=C/C(=O)NCCc2ccc(F)cc2)cs1. The molecule has 1 amide bonds. The first-order chi connectivity index (χ1) is 13.6. The van der Waals surface area contributed by atoms with Gasteiger partial charge in [-0.05, 0) is 43.2 Å². The fraction of sp³-hybridized carbons (Fsp3) is 0.182. The summed E-state index contributed by atoms with van der Waals surface area (Å²) in [6, 6.07) is 13.8. The van der Waals surface area contributed by atoms with E-state index >= 15 is 0 Å². The monoisotopic (exact) mass is 396 g/mol. The summed E-state index contributed by atoms with van der Waals surface area (Å²) in [7, 11) is 0. The average molecular weight is 396 g/mol. The zero-order chi connectivity index (χ0) is 19.8. The van der Waals surface area contributed by atoms with Gasteiger partial charge in [0.05, 0.1) is 10.7 Å². The van der Waals surface area contributed by atoms with Gasteiger partial charge in [-0.15, -0.1) is 11.3 Å². The molecule has 0 aliphatic heterocycles. The highest BCUT2D eigenvalue weighted by Crippen LogP contribution is 2.21. The lowest BCUT2D eigenvalue weighted by molar-refractivity contribution is -0.116. The lowest BCUT2D eigenvalue weighted by atomic mass is 10.1. The van der Waals surface area contributed by atoms with E-state index in [9.17, 15) is 9.18 Å². The number of aryl methyl sites for hydroxylation is 1. The Kier molecular flexibility index (Phi) is 6.92. The number of para-hydroxylation sites is 1. The number of amides is 1. The van der Waals surface area contributed by atoms with Gasteiger partial charge < -0.3 is 10.1 Å². The quantitative estimate of drug-likeness (QED) is 0.569. The molecule has 3 rings (SSSR count). The van der Waals surface area contributed by atoms with Crippen molar-refractivity contribution in [3.05, 3.63) is 87.6 Å². The van der Waals surface area contributed by atoms with Crippen LogP contribution >= 0.6 is 11.3 Å². The Labute approximate surface area is 167 Å².